The van der Waals surface area contributed by atoms with Crippen LogP contribution in [0.15, 0.2) is 46.4 Å². The van der Waals surface area contributed by atoms with Gasteiger partial charge in [-0.1, -0.05) is 48.2 Å². The highest BCUT2D eigenvalue weighted by Crippen LogP contribution is 2.42. The number of hydrogen-bond acceptors (Lipinski definition) is 5. The Hall–Kier alpha value is -2.38. The Morgan fingerprint density at radius 1 is 1.26 bits per heavy atom. The third kappa shape index (κ3) is 4.08. The summed E-state index contributed by atoms with van der Waals surface area (Å²) in [6, 6.07) is 8.41. The van der Waals surface area contributed by atoms with Gasteiger partial charge in [-0.3, -0.25) is 14.2 Å². The summed E-state index contributed by atoms with van der Waals surface area (Å²) in [7, 11) is 0. The largest absolute Gasteiger partial charge is 0.343 e. The van der Waals surface area contributed by atoms with E-state index in [-0.39, 0.29) is 17.2 Å². The van der Waals surface area contributed by atoms with E-state index >= 15 is 0 Å². The van der Waals surface area contributed by atoms with Crippen molar-refractivity contribution in [2.45, 2.75) is 45.3 Å². The van der Waals surface area contributed by atoms with Gasteiger partial charge in [0.2, 0.25) is 5.91 Å². The van der Waals surface area contributed by atoms with Crippen LogP contribution in [0.5, 0.6) is 0 Å². The van der Waals surface area contributed by atoms with E-state index in [1.54, 1.807) is 20.8 Å². The standard InChI is InChI=1S/C24H27N3O2S2/c1-5-26(6-2)19(28)14-30-24-25-22-20(23(29)27(24)13-15(3)4)18-12-11-16-9-7-8-10-17(16)21(18)31-22/h7-10H,3,5-6,11-14H2,1-2,4H3. The lowest BCUT2D eigenvalue weighted by Gasteiger charge is -2.19. The second-order valence-electron chi connectivity index (χ2n) is 7.84. The Bertz CT molecular complexity index is 1220. The van der Waals surface area contributed by atoms with E-state index in [0.29, 0.717) is 24.8 Å². The first-order chi connectivity index (χ1) is 14.9. The summed E-state index contributed by atoms with van der Waals surface area (Å²) < 4.78 is 1.69. The number of carbonyl (C=O) groups is 1. The molecule has 1 aromatic carbocycles. The fraction of sp³-hybridized carbons (Fsp3) is 0.375. The van der Waals surface area contributed by atoms with Gasteiger partial charge in [0, 0.05) is 24.5 Å². The summed E-state index contributed by atoms with van der Waals surface area (Å²) in [5.41, 5.74) is 4.51. The molecule has 7 heteroatoms. The molecular weight excluding hydrogens is 426 g/mol. The molecule has 4 rings (SSSR count). The minimum Gasteiger partial charge on any atom is -0.343 e. The molecule has 0 N–H and O–H groups in total. The SMILES string of the molecule is C=C(C)Cn1c(SCC(=O)N(CC)CC)nc2sc3c(c2c1=O)CCc1ccccc1-3. The molecule has 31 heavy (non-hydrogen) atoms. The number of thiophene rings is 1. The molecule has 0 unspecified atom stereocenters. The first kappa shape index (κ1) is 21.8. The maximum atomic E-state index is 13.6. The summed E-state index contributed by atoms with van der Waals surface area (Å²) in [5.74, 6) is 0.328. The van der Waals surface area contributed by atoms with Crippen molar-refractivity contribution in [1.82, 2.24) is 14.5 Å². The average Bonchev–Trinajstić information content (AvgIpc) is 3.14. The molecule has 1 amide bonds. The zero-order chi connectivity index (χ0) is 22.1. The van der Waals surface area contributed by atoms with Crippen LogP contribution in [0.3, 0.4) is 0 Å². The number of fused-ring (bicyclic) bond motifs is 5. The molecule has 0 atom stereocenters. The first-order valence-corrected chi connectivity index (χ1v) is 12.4. The minimum absolute atomic E-state index is 0.0253. The number of aryl methyl sites for hydroxylation is 2. The van der Waals surface area contributed by atoms with Crippen LogP contribution < -0.4 is 5.56 Å². The summed E-state index contributed by atoms with van der Waals surface area (Å²) >= 11 is 2.94. The van der Waals surface area contributed by atoms with Crippen molar-refractivity contribution in [3.05, 3.63) is 57.9 Å². The quantitative estimate of drug-likeness (QED) is 0.294. The Kier molecular flexibility index (Phi) is 6.34. The Labute approximate surface area is 190 Å². The molecular formula is C24H27N3O2S2. The van der Waals surface area contributed by atoms with Gasteiger partial charge in [-0.15, -0.1) is 11.3 Å². The van der Waals surface area contributed by atoms with Gasteiger partial charge in [0.05, 0.1) is 11.1 Å². The summed E-state index contributed by atoms with van der Waals surface area (Å²) in [6.07, 6.45) is 1.78. The summed E-state index contributed by atoms with van der Waals surface area (Å²) in [4.78, 5) is 34.7. The van der Waals surface area contributed by atoms with Gasteiger partial charge >= 0.3 is 0 Å². The lowest BCUT2D eigenvalue weighted by molar-refractivity contribution is -0.127. The van der Waals surface area contributed by atoms with Crippen molar-refractivity contribution in [2.24, 2.45) is 0 Å². The third-order valence-electron chi connectivity index (χ3n) is 5.65. The number of hydrogen-bond donors (Lipinski definition) is 0. The second kappa shape index (κ2) is 9.01. The zero-order valence-electron chi connectivity index (χ0n) is 18.2. The Morgan fingerprint density at radius 2 is 2.00 bits per heavy atom. The fourth-order valence-corrected chi connectivity index (χ4v) is 6.34. The number of aromatic nitrogens is 2. The van der Waals surface area contributed by atoms with Crippen LogP contribution in [0.25, 0.3) is 20.7 Å². The maximum absolute atomic E-state index is 13.6. The Morgan fingerprint density at radius 3 is 2.71 bits per heavy atom. The van der Waals surface area contributed by atoms with Crippen molar-refractivity contribution in [2.75, 3.05) is 18.8 Å². The van der Waals surface area contributed by atoms with E-state index in [2.05, 4.69) is 24.8 Å². The van der Waals surface area contributed by atoms with Crippen LogP contribution in [-0.2, 0) is 24.2 Å². The van der Waals surface area contributed by atoms with Crippen LogP contribution in [0, 0.1) is 0 Å². The molecule has 1 aliphatic carbocycles. The maximum Gasteiger partial charge on any atom is 0.263 e. The molecule has 3 aromatic rings. The lowest BCUT2D eigenvalue weighted by Crippen LogP contribution is -2.32. The van der Waals surface area contributed by atoms with E-state index in [1.807, 2.05) is 26.8 Å². The highest BCUT2D eigenvalue weighted by molar-refractivity contribution is 7.99. The number of rotatable bonds is 7. The lowest BCUT2D eigenvalue weighted by atomic mass is 9.90. The van der Waals surface area contributed by atoms with E-state index < -0.39 is 0 Å². The topological polar surface area (TPSA) is 55.2 Å². The van der Waals surface area contributed by atoms with Crippen molar-refractivity contribution >= 4 is 39.2 Å². The number of nitrogens with zero attached hydrogens (tertiary/aromatic N) is 3. The van der Waals surface area contributed by atoms with Gasteiger partial charge in [-0.2, -0.15) is 0 Å². The molecule has 0 fully saturated rings. The molecule has 0 saturated carbocycles. The normalized spacial score (nSPS) is 12.5. The number of allylic oxidation sites excluding steroid dienone is 1. The van der Waals surface area contributed by atoms with E-state index in [9.17, 15) is 9.59 Å². The molecule has 2 aromatic heterocycles. The predicted molar refractivity (Wildman–Crippen MR) is 130 cm³/mol. The summed E-state index contributed by atoms with van der Waals surface area (Å²) in [5, 5.41) is 1.32. The van der Waals surface area contributed by atoms with Gasteiger partial charge in [0.25, 0.3) is 5.56 Å². The molecule has 0 aliphatic heterocycles. The van der Waals surface area contributed by atoms with Crippen LogP contribution in [-0.4, -0.2) is 39.2 Å². The number of benzene rings is 1. The van der Waals surface area contributed by atoms with Crippen molar-refractivity contribution in [3.8, 4) is 10.4 Å². The monoisotopic (exact) mass is 453 g/mol. The van der Waals surface area contributed by atoms with Crippen LogP contribution in [0.2, 0.25) is 0 Å². The minimum atomic E-state index is -0.0253. The van der Waals surface area contributed by atoms with Gasteiger partial charge in [0.1, 0.15) is 4.83 Å². The van der Waals surface area contributed by atoms with Gasteiger partial charge in [-0.25, -0.2) is 4.98 Å². The van der Waals surface area contributed by atoms with Crippen LogP contribution in [0.4, 0.5) is 0 Å². The predicted octanol–water partition coefficient (Wildman–Crippen LogP) is 4.76. The van der Waals surface area contributed by atoms with E-state index in [0.717, 1.165) is 39.1 Å². The molecule has 2 heterocycles. The number of thioether (sulfide) groups is 1. The average molecular weight is 454 g/mol. The van der Waals surface area contributed by atoms with E-state index in [4.69, 9.17) is 4.98 Å². The Balaban J connectivity index is 1.81. The molecule has 5 nitrogen and oxygen atoms in total. The molecule has 162 valence electrons. The molecule has 1 aliphatic rings. The summed E-state index contributed by atoms with van der Waals surface area (Å²) in [6.45, 7) is 11.6. The van der Waals surface area contributed by atoms with Gasteiger partial charge in [0.15, 0.2) is 5.16 Å². The van der Waals surface area contributed by atoms with Crippen LogP contribution in [0.1, 0.15) is 31.9 Å². The van der Waals surface area contributed by atoms with Gasteiger partial charge in [-0.05, 0) is 50.3 Å². The van der Waals surface area contributed by atoms with Crippen molar-refractivity contribution in [1.29, 1.82) is 0 Å². The van der Waals surface area contributed by atoms with Crippen LogP contribution >= 0.6 is 23.1 Å². The zero-order valence-corrected chi connectivity index (χ0v) is 19.9. The number of carbonyl (C=O) groups excluding carboxylic acids is 1. The highest BCUT2D eigenvalue weighted by Gasteiger charge is 2.25. The fourth-order valence-electron chi connectivity index (χ4n) is 4.11. The third-order valence-corrected chi connectivity index (χ3v) is 7.77. The second-order valence-corrected chi connectivity index (χ2v) is 9.79. The van der Waals surface area contributed by atoms with Crippen molar-refractivity contribution < 1.29 is 4.79 Å². The number of amides is 1. The molecule has 0 spiro atoms. The van der Waals surface area contributed by atoms with Crippen molar-refractivity contribution in [3.63, 3.8) is 0 Å². The van der Waals surface area contributed by atoms with Gasteiger partial charge < -0.3 is 4.90 Å². The van der Waals surface area contributed by atoms with E-state index in [1.165, 1.54) is 22.9 Å². The first-order valence-electron chi connectivity index (χ1n) is 10.6. The highest BCUT2D eigenvalue weighted by atomic mass is 32.2. The molecule has 0 bridgehead atoms. The molecule has 0 radical (unpaired) electrons. The molecule has 0 saturated heterocycles. The smallest absolute Gasteiger partial charge is 0.263 e.